The lowest BCUT2D eigenvalue weighted by molar-refractivity contribution is -0.426. The monoisotopic (exact) mass is 246 g/mol. The molecule has 1 aromatic rings. The lowest BCUT2D eigenvalue weighted by Crippen LogP contribution is -2.17. The highest BCUT2D eigenvalue weighted by atomic mass is 16.6. The van der Waals surface area contributed by atoms with Crippen LogP contribution in [0, 0.1) is 10.1 Å². The number of allylic oxidation sites excluding steroid dienone is 3. The molecule has 0 saturated heterocycles. The van der Waals surface area contributed by atoms with Crippen LogP contribution < -0.4 is 0 Å². The third-order valence-electron chi connectivity index (χ3n) is 2.69. The minimum Gasteiger partial charge on any atom is -0.372 e. The summed E-state index contributed by atoms with van der Waals surface area (Å²) in [6.07, 6.45) is 1.90. The summed E-state index contributed by atoms with van der Waals surface area (Å²) in [6.45, 7) is 3.42. The van der Waals surface area contributed by atoms with E-state index in [2.05, 4.69) is 0 Å². The highest BCUT2D eigenvalue weighted by Gasteiger charge is 2.19. The molecule has 0 aromatic heterocycles. The maximum atomic E-state index is 11.0. The second-order valence-corrected chi connectivity index (χ2v) is 4.15. The Labute approximate surface area is 107 Å². The van der Waals surface area contributed by atoms with Crippen molar-refractivity contribution in [3.8, 4) is 0 Å². The Morgan fingerprint density at radius 3 is 2.22 bits per heavy atom. The molecular weight excluding hydrogens is 228 g/mol. The van der Waals surface area contributed by atoms with Crippen molar-refractivity contribution in [3.05, 3.63) is 63.5 Å². The summed E-state index contributed by atoms with van der Waals surface area (Å²) in [6, 6.07) is 9.68. The predicted molar refractivity (Wildman–Crippen MR) is 73.5 cm³/mol. The van der Waals surface area contributed by atoms with E-state index >= 15 is 0 Å². The maximum Gasteiger partial charge on any atom is 0.266 e. The van der Waals surface area contributed by atoms with Crippen molar-refractivity contribution >= 4 is 5.57 Å². The van der Waals surface area contributed by atoms with E-state index in [0.717, 1.165) is 11.1 Å². The molecule has 4 nitrogen and oxygen atoms in total. The van der Waals surface area contributed by atoms with E-state index in [1.807, 2.05) is 57.4 Å². The molecule has 18 heavy (non-hydrogen) atoms. The number of benzene rings is 1. The molecule has 1 rings (SSSR count). The molecule has 0 aliphatic carbocycles. The number of nitro groups is 1. The van der Waals surface area contributed by atoms with E-state index < -0.39 is 0 Å². The van der Waals surface area contributed by atoms with Crippen LogP contribution in [-0.2, 0) is 0 Å². The van der Waals surface area contributed by atoms with Gasteiger partial charge in [-0.25, -0.2) is 0 Å². The van der Waals surface area contributed by atoms with E-state index in [-0.39, 0.29) is 10.6 Å². The third kappa shape index (κ3) is 2.97. The van der Waals surface area contributed by atoms with Crippen molar-refractivity contribution in [2.24, 2.45) is 0 Å². The van der Waals surface area contributed by atoms with E-state index in [1.165, 1.54) is 6.92 Å². The Kier molecular flexibility index (Phi) is 4.66. The average Bonchev–Trinajstić information content (AvgIpc) is 2.35. The summed E-state index contributed by atoms with van der Waals surface area (Å²) in [5.74, 6) is 0. The first-order valence-corrected chi connectivity index (χ1v) is 5.73. The Balaban J connectivity index is 3.39. The standard InChI is InChI=1S/C14H18N2O2/c1-5-13(12-9-7-6-8-10-12)14(15(3)4)11(2)16(17)18/h5-10H,1-4H3/b13-5-,14-11-. The van der Waals surface area contributed by atoms with Crippen LogP contribution in [0.25, 0.3) is 5.57 Å². The minimum atomic E-state index is -0.345. The number of rotatable bonds is 4. The molecule has 0 fully saturated rings. The molecule has 0 spiro atoms. The van der Waals surface area contributed by atoms with Gasteiger partial charge < -0.3 is 4.90 Å². The zero-order chi connectivity index (χ0) is 13.7. The molecule has 1 aromatic carbocycles. The largest absolute Gasteiger partial charge is 0.372 e. The Bertz CT molecular complexity index is 488. The lowest BCUT2D eigenvalue weighted by Gasteiger charge is -2.19. The molecule has 0 aliphatic heterocycles. The van der Waals surface area contributed by atoms with Gasteiger partial charge in [0, 0.05) is 26.6 Å². The van der Waals surface area contributed by atoms with Crippen LogP contribution in [-0.4, -0.2) is 23.9 Å². The van der Waals surface area contributed by atoms with Crippen molar-refractivity contribution < 1.29 is 4.92 Å². The molecule has 0 amide bonds. The topological polar surface area (TPSA) is 46.4 Å². The van der Waals surface area contributed by atoms with Crippen molar-refractivity contribution in [3.63, 3.8) is 0 Å². The van der Waals surface area contributed by atoms with Crippen LogP contribution >= 0.6 is 0 Å². The van der Waals surface area contributed by atoms with Crippen LogP contribution in [0.4, 0.5) is 0 Å². The Hall–Kier alpha value is -2.10. The first-order chi connectivity index (χ1) is 8.49. The summed E-state index contributed by atoms with van der Waals surface area (Å²) >= 11 is 0. The van der Waals surface area contributed by atoms with Crippen molar-refractivity contribution in [2.75, 3.05) is 14.1 Å². The second-order valence-electron chi connectivity index (χ2n) is 4.15. The van der Waals surface area contributed by atoms with Gasteiger partial charge in [0.25, 0.3) is 5.70 Å². The second kappa shape index (κ2) is 6.00. The van der Waals surface area contributed by atoms with Crippen LogP contribution in [0.5, 0.6) is 0 Å². The number of likely N-dealkylation sites (N-methyl/N-ethyl adjacent to an activating group) is 1. The Morgan fingerprint density at radius 2 is 1.83 bits per heavy atom. The van der Waals surface area contributed by atoms with Gasteiger partial charge in [0.15, 0.2) is 0 Å². The molecule has 0 heterocycles. The van der Waals surface area contributed by atoms with Gasteiger partial charge in [-0.05, 0) is 12.5 Å². The van der Waals surface area contributed by atoms with Gasteiger partial charge >= 0.3 is 0 Å². The lowest BCUT2D eigenvalue weighted by atomic mass is 10.0. The van der Waals surface area contributed by atoms with E-state index in [4.69, 9.17) is 0 Å². The van der Waals surface area contributed by atoms with E-state index in [9.17, 15) is 10.1 Å². The van der Waals surface area contributed by atoms with E-state index in [0.29, 0.717) is 5.70 Å². The fourth-order valence-electron chi connectivity index (χ4n) is 1.90. The molecule has 4 heteroatoms. The third-order valence-corrected chi connectivity index (χ3v) is 2.69. The smallest absolute Gasteiger partial charge is 0.266 e. The summed E-state index contributed by atoms with van der Waals surface area (Å²) in [5.41, 5.74) is 2.63. The van der Waals surface area contributed by atoms with Crippen LogP contribution in [0.3, 0.4) is 0 Å². The van der Waals surface area contributed by atoms with Gasteiger partial charge in [-0.1, -0.05) is 36.4 Å². The highest BCUT2D eigenvalue weighted by Crippen LogP contribution is 2.27. The minimum absolute atomic E-state index is 0.150. The van der Waals surface area contributed by atoms with Crippen molar-refractivity contribution in [1.29, 1.82) is 0 Å². The summed E-state index contributed by atoms with van der Waals surface area (Å²) in [5, 5.41) is 11.0. The van der Waals surface area contributed by atoms with Crippen LogP contribution in [0.15, 0.2) is 47.8 Å². The number of hydrogen-bond donors (Lipinski definition) is 0. The van der Waals surface area contributed by atoms with E-state index in [1.54, 1.807) is 4.90 Å². The first-order valence-electron chi connectivity index (χ1n) is 5.73. The van der Waals surface area contributed by atoms with Crippen molar-refractivity contribution in [1.82, 2.24) is 4.90 Å². The number of nitrogens with zero attached hydrogens (tertiary/aromatic N) is 2. The Morgan fingerprint density at radius 1 is 1.28 bits per heavy atom. The highest BCUT2D eigenvalue weighted by molar-refractivity contribution is 5.78. The van der Waals surface area contributed by atoms with Gasteiger partial charge in [0.05, 0.1) is 4.92 Å². The summed E-state index contributed by atoms with van der Waals surface area (Å²) in [7, 11) is 3.63. The predicted octanol–water partition coefficient (Wildman–Crippen LogP) is 3.16. The zero-order valence-electron chi connectivity index (χ0n) is 11.2. The van der Waals surface area contributed by atoms with Gasteiger partial charge in [-0.15, -0.1) is 0 Å². The number of hydrogen-bond acceptors (Lipinski definition) is 3. The molecule has 0 N–H and O–H groups in total. The molecule has 0 atom stereocenters. The molecule has 0 saturated carbocycles. The molecule has 0 aliphatic rings. The van der Waals surface area contributed by atoms with Gasteiger partial charge in [-0.3, -0.25) is 10.1 Å². The molecular formula is C14H18N2O2. The fraction of sp³-hybridized carbons (Fsp3) is 0.286. The fourth-order valence-corrected chi connectivity index (χ4v) is 1.90. The van der Waals surface area contributed by atoms with Crippen LogP contribution in [0.2, 0.25) is 0 Å². The van der Waals surface area contributed by atoms with Gasteiger partial charge in [-0.2, -0.15) is 0 Å². The summed E-state index contributed by atoms with van der Waals surface area (Å²) in [4.78, 5) is 12.4. The first kappa shape index (κ1) is 14.0. The molecule has 0 bridgehead atoms. The maximum absolute atomic E-state index is 11.0. The normalized spacial score (nSPS) is 13.0. The van der Waals surface area contributed by atoms with Gasteiger partial charge in [0.1, 0.15) is 5.70 Å². The average molecular weight is 246 g/mol. The molecule has 0 unspecified atom stereocenters. The summed E-state index contributed by atoms with van der Waals surface area (Å²) < 4.78 is 0. The zero-order valence-corrected chi connectivity index (χ0v) is 11.2. The van der Waals surface area contributed by atoms with Crippen LogP contribution in [0.1, 0.15) is 19.4 Å². The molecule has 96 valence electrons. The SMILES string of the molecule is C/C=C(\C(=C(/C)[N+](=O)[O-])N(C)C)c1ccccc1. The van der Waals surface area contributed by atoms with Gasteiger partial charge in [0.2, 0.25) is 0 Å². The van der Waals surface area contributed by atoms with Crippen molar-refractivity contribution in [2.45, 2.75) is 13.8 Å². The quantitative estimate of drug-likeness (QED) is 0.465. The molecule has 0 radical (unpaired) electrons.